The second-order valence-corrected chi connectivity index (χ2v) is 9.60. The third kappa shape index (κ3) is 5.03. The molecule has 2 aromatic carbocycles. The first kappa shape index (κ1) is 22.8. The van der Waals surface area contributed by atoms with Crippen LogP contribution in [0.2, 0.25) is 0 Å². The van der Waals surface area contributed by atoms with Gasteiger partial charge in [-0.2, -0.15) is 4.31 Å². The lowest BCUT2D eigenvalue weighted by Crippen LogP contribution is -2.49. The molecule has 2 N–H and O–H groups in total. The molecule has 2 heterocycles. The summed E-state index contributed by atoms with van der Waals surface area (Å²) < 4.78 is 27.7. The quantitative estimate of drug-likeness (QED) is 0.539. The summed E-state index contributed by atoms with van der Waals surface area (Å²) in [5, 5.41) is 18.1. The van der Waals surface area contributed by atoms with Gasteiger partial charge in [0.15, 0.2) is 0 Å². The normalized spacial score (nSPS) is 14.9. The van der Waals surface area contributed by atoms with Crippen molar-refractivity contribution in [1.29, 1.82) is 0 Å². The first-order chi connectivity index (χ1) is 15.9. The van der Waals surface area contributed by atoms with Crippen LogP contribution in [0.15, 0.2) is 65.8 Å². The first-order valence-electron chi connectivity index (χ1n) is 10.5. The molecule has 9 nitrogen and oxygen atoms in total. The molecule has 0 bridgehead atoms. The highest BCUT2D eigenvalue weighted by atomic mass is 32.2. The maximum atomic E-state index is 13.1. The van der Waals surface area contributed by atoms with Gasteiger partial charge in [-0.1, -0.05) is 36.4 Å². The van der Waals surface area contributed by atoms with E-state index in [2.05, 4.69) is 9.97 Å². The molecule has 10 heteroatoms. The Morgan fingerprint density at radius 1 is 0.939 bits per heavy atom. The van der Waals surface area contributed by atoms with Gasteiger partial charge >= 0.3 is 5.97 Å². The molecule has 0 unspecified atom stereocenters. The fourth-order valence-electron chi connectivity index (χ4n) is 3.73. The Morgan fingerprint density at radius 2 is 1.61 bits per heavy atom. The van der Waals surface area contributed by atoms with Crippen LogP contribution in [0.25, 0.3) is 11.1 Å². The summed E-state index contributed by atoms with van der Waals surface area (Å²) in [5.41, 5.74) is 2.89. The number of sulfonamides is 1. The van der Waals surface area contributed by atoms with Gasteiger partial charge in [0.2, 0.25) is 16.0 Å². The maximum absolute atomic E-state index is 13.1. The SMILES string of the molecule is O=C(O)c1cnc(N2CCN(S(=O)(=O)c3ccc(-c4cccc(CCO)c4)cc3)CC2)nc1. The molecule has 33 heavy (non-hydrogen) atoms. The Balaban J connectivity index is 1.43. The van der Waals surface area contributed by atoms with Crippen molar-refractivity contribution in [3.63, 3.8) is 0 Å². The van der Waals surface area contributed by atoms with Crippen LogP contribution in [0.5, 0.6) is 0 Å². The summed E-state index contributed by atoms with van der Waals surface area (Å²) in [4.78, 5) is 21.2. The number of aromatic carboxylic acids is 1. The molecule has 1 aromatic heterocycles. The second-order valence-electron chi connectivity index (χ2n) is 7.67. The van der Waals surface area contributed by atoms with E-state index in [-0.39, 0.29) is 30.2 Å². The molecule has 0 aliphatic carbocycles. The van der Waals surface area contributed by atoms with E-state index in [4.69, 9.17) is 10.2 Å². The minimum Gasteiger partial charge on any atom is -0.478 e. The number of rotatable bonds is 7. The zero-order valence-corrected chi connectivity index (χ0v) is 18.6. The topological polar surface area (TPSA) is 124 Å². The number of aliphatic hydroxyl groups is 1. The third-order valence-corrected chi connectivity index (χ3v) is 7.47. The number of aromatic nitrogens is 2. The Morgan fingerprint density at radius 3 is 2.21 bits per heavy atom. The highest BCUT2D eigenvalue weighted by Gasteiger charge is 2.29. The minimum absolute atomic E-state index is 0.00327. The molecule has 1 aliphatic heterocycles. The highest BCUT2D eigenvalue weighted by molar-refractivity contribution is 7.89. The molecule has 1 fully saturated rings. The van der Waals surface area contributed by atoms with Crippen LogP contribution in [0.3, 0.4) is 0 Å². The van der Waals surface area contributed by atoms with Gasteiger partial charge in [0.05, 0.1) is 10.5 Å². The lowest BCUT2D eigenvalue weighted by Gasteiger charge is -2.33. The van der Waals surface area contributed by atoms with Crippen LogP contribution in [-0.2, 0) is 16.4 Å². The van der Waals surface area contributed by atoms with E-state index in [0.717, 1.165) is 16.7 Å². The van der Waals surface area contributed by atoms with Gasteiger partial charge in [0.1, 0.15) is 0 Å². The van der Waals surface area contributed by atoms with Gasteiger partial charge < -0.3 is 15.1 Å². The molecular formula is C23H24N4O5S. The van der Waals surface area contributed by atoms with Crippen molar-refractivity contribution >= 4 is 21.9 Å². The average Bonchev–Trinajstić information content (AvgIpc) is 2.85. The van der Waals surface area contributed by atoms with Crippen molar-refractivity contribution in [3.8, 4) is 11.1 Å². The van der Waals surface area contributed by atoms with E-state index < -0.39 is 16.0 Å². The van der Waals surface area contributed by atoms with Crippen LogP contribution in [0, 0.1) is 0 Å². The van der Waals surface area contributed by atoms with Crippen LogP contribution in [0.1, 0.15) is 15.9 Å². The number of aliphatic hydroxyl groups excluding tert-OH is 1. The van der Waals surface area contributed by atoms with Gasteiger partial charge in [-0.05, 0) is 35.2 Å². The second kappa shape index (κ2) is 9.65. The van der Waals surface area contributed by atoms with E-state index in [0.29, 0.717) is 25.5 Å². The molecule has 172 valence electrons. The molecule has 0 radical (unpaired) electrons. The summed E-state index contributed by atoms with van der Waals surface area (Å²) in [7, 11) is -3.65. The van der Waals surface area contributed by atoms with Crippen molar-refractivity contribution in [2.75, 3.05) is 37.7 Å². The molecule has 1 aliphatic rings. The number of piperazine rings is 1. The largest absolute Gasteiger partial charge is 0.478 e. The van der Waals surface area contributed by atoms with Crippen molar-refractivity contribution in [3.05, 3.63) is 72.1 Å². The number of carboxylic acids is 1. The van der Waals surface area contributed by atoms with Crippen molar-refractivity contribution < 1.29 is 23.4 Å². The van der Waals surface area contributed by atoms with E-state index in [1.165, 1.54) is 16.7 Å². The van der Waals surface area contributed by atoms with Crippen molar-refractivity contribution in [2.24, 2.45) is 0 Å². The monoisotopic (exact) mass is 468 g/mol. The van der Waals surface area contributed by atoms with Crippen LogP contribution < -0.4 is 4.90 Å². The Hall–Kier alpha value is -3.34. The maximum Gasteiger partial charge on any atom is 0.338 e. The Kier molecular flexibility index (Phi) is 6.68. The molecule has 0 spiro atoms. The molecule has 3 aromatic rings. The fourth-order valence-corrected chi connectivity index (χ4v) is 5.15. The first-order valence-corrected chi connectivity index (χ1v) is 11.9. The van der Waals surface area contributed by atoms with E-state index in [9.17, 15) is 13.2 Å². The van der Waals surface area contributed by atoms with E-state index in [1.54, 1.807) is 24.3 Å². The highest BCUT2D eigenvalue weighted by Crippen LogP contribution is 2.25. The van der Waals surface area contributed by atoms with E-state index in [1.807, 2.05) is 29.2 Å². The molecule has 1 saturated heterocycles. The summed E-state index contributed by atoms with van der Waals surface area (Å²) in [6.07, 6.45) is 3.06. The zero-order chi connectivity index (χ0) is 23.4. The summed E-state index contributed by atoms with van der Waals surface area (Å²) in [6.45, 7) is 1.44. The molecular weight excluding hydrogens is 444 g/mol. The molecule has 0 saturated carbocycles. The van der Waals surface area contributed by atoms with Gasteiger partial charge in [-0.25, -0.2) is 23.2 Å². The number of carbonyl (C=O) groups is 1. The third-order valence-electron chi connectivity index (χ3n) is 5.56. The van der Waals surface area contributed by atoms with Gasteiger partial charge in [0.25, 0.3) is 0 Å². The molecule has 4 rings (SSSR count). The van der Waals surface area contributed by atoms with Gasteiger partial charge in [-0.15, -0.1) is 0 Å². The van der Waals surface area contributed by atoms with Crippen LogP contribution >= 0.6 is 0 Å². The van der Waals surface area contributed by atoms with Crippen LogP contribution in [0.4, 0.5) is 5.95 Å². The average molecular weight is 469 g/mol. The van der Waals surface area contributed by atoms with Crippen molar-refractivity contribution in [1.82, 2.24) is 14.3 Å². The fraction of sp³-hybridized carbons (Fsp3) is 0.261. The number of hydrogen-bond acceptors (Lipinski definition) is 7. The number of carboxylic acid groups (broad SMARTS) is 1. The predicted molar refractivity (Wildman–Crippen MR) is 123 cm³/mol. The van der Waals surface area contributed by atoms with Gasteiger partial charge in [-0.3, -0.25) is 0 Å². The van der Waals surface area contributed by atoms with E-state index >= 15 is 0 Å². The number of benzene rings is 2. The standard InChI is InChI=1S/C23H24N4O5S/c28-13-8-17-2-1-3-19(14-17)18-4-6-21(7-5-18)33(31,32)27-11-9-26(10-12-27)23-24-15-20(16-25-23)22(29)30/h1-7,14-16,28H,8-13H2,(H,29,30). The minimum atomic E-state index is -3.65. The Labute approximate surface area is 192 Å². The lowest BCUT2D eigenvalue weighted by molar-refractivity contribution is 0.0696. The molecule has 0 amide bonds. The number of anilines is 1. The smallest absolute Gasteiger partial charge is 0.338 e. The summed E-state index contributed by atoms with van der Waals surface area (Å²) >= 11 is 0. The zero-order valence-electron chi connectivity index (χ0n) is 17.8. The van der Waals surface area contributed by atoms with Crippen molar-refractivity contribution in [2.45, 2.75) is 11.3 Å². The number of hydrogen-bond donors (Lipinski definition) is 2. The van der Waals surface area contributed by atoms with Crippen LogP contribution in [-0.4, -0.2) is 71.7 Å². The lowest BCUT2D eigenvalue weighted by atomic mass is 10.0. The number of nitrogens with zero attached hydrogens (tertiary/aromatic N) is 4. The summed E-state index contributed by atoms with van der Waals surface area (Å²) in [5.74, 6) is -0.717. The predicted octanol–water partition coefficient (Wildman–Crippen LogP) is 1.89. The summed E-state index contributed by atoms with van der Waals surface area (Å²) in [6, 6.07) is 14.6. The Bertz CT molecular complexity index is 1220. The van der Waals surface area contributed by atoms with Gasteiger partial charge in [0, 0.05) is 45.2 Å². The molecule has 0 atom stereocenters.